The average molecular weight is 341 g/mol. The molecule has 1 saturated heterocycles. The number of hydrogen-bond acceptors (Lipinski definition) is 6. The van der Waals surface area contributed by atoms with Gasteiger partial charge in [0.25, 0.3) is 5.56 Å². The molecule has 9 nitrogen and oxygen atoms in total. The number of aromatic amines is 1. The van der Waals surface area contributed by atoms with Crippen molar-refractivity contribution in [1.82, 2.24) is 14.9 Å². The molecule has 1 aromatic heterocycles. The molecule has 1 amide bonds. The monoisotopic (exact) mass is 341 g/mol. The van der Waals surface area contributed by atoms with Crippen molar-refractivity contribution < 1.29 is 19.4 Å². The third-order valence-electron chi connectivity index (χ3n) is 4.16. The number of rotatable bonds is 6. The second kappa shape index (κ2) is 7.73. The minimum Gasteiger partial charge on any atom is -0.394 e. The molecule has 1 unspecified atom stereocenters. The van der Waals surface area contributed by atoms with Crippen LogP contribution in [0.15, 0.2) is 15.8 Å². The van der Waals surface area contributed by atoms with E-state index in [1.54, 1.807) is 6.92 Å². The van der Waals surface area contributed by atoms with Gasteiger partial charge in [-0.2, -0.15) is 0 Å². The maximum Gasteiger partial charge on any atom is 0.330 e. The summed E-state index contributed by atoms with van der Waals surface area (Å²) in [7, 11) is 1.45. The lowest BCUT2D eigenvalue weighted by Crippen LogP contribution is -2.39. The lowest BCUT2D eigenvalue weighted by Gasteiger charge is -2.23. The molecule has 3 N–H and O–H groups in total. The van der Waals surface area contributed by atoms with Crippen molar-refractivity contribution in [2.24, 2.45) is 5.92 Å². The molecule has 2 heterocycles. The van der Waals surface area contributed by atoms with E-state index in [-0.39, 0.29) is 18.9 Å². The molecule has 1 aromatic rings. The Morgan fingerprint density at radius 2 is 2.21 bits per heavy atom. The Morgan fingerprint density at radius 3 is 2.79 bits per heavy atom. The molecule has 0 spiro atoms. The number of amides is 1. The number of ether oxygens (including phenoxy) is 2. The summed E-state index contributed by atoms with van der Waals surface area (Å²) < 4.78 is 12.4. The second-order valence-electron chi connectivity index (χ2n) is 5.75. The molecule has 0 radical (unpaired) electrons. The van der Waals surface area contributed by atoms with Crippen LogP contribution in [-0.4, -0.2) is 53.0 Å². The summed E-state index contributed by atoms with van der Waals surface area (Å²) >= 11 is 0. The molecule has 1 aliphatic rings. The van der Waals surface area contributed by atoms with Gasteiger partial charge in [0.05, 0.1) is 12.7 Å². The summed E-state index contributed by atoms with van der Waals surface area (Å²) in [6.07, 6.45) is -0.615. The lowest BCUT2D eigenvalue weighted by molar-refractivity contribution is -0.123. The number of carbonyl (C=O) groups excluding carboxylic acids is 1. The van der Waals surface area contributed by atoms with E-state index in [9.17, 15) is 19.5 Å². The Hall–Kier alpha value is -1.97. The summed E-state index contributed by atoms with van der Waals surface area (Å²) in [4.78, 5) is 37.7. The Bertz CT molecular complexity index is 697. The van der Waals surface area contributed by atoms with E-state index in [1.165, 1.54) is 17.9 Å². The molecule has 24 heavy (non-hydrogen) atoms. The topological polar surface area (TPSA) is 123 Å². The molecule has 1 aliphatic heterocycles. The first-order chi connectivity index (χ1) is 11.4. The summed E-state index contributed by atoms with van der Waals surface area (Å²) in [5.41, 5.74) is -0.755. The molecule has 0 bridgehead atoms. The Labute approximate surface area is 138 Å². The highest BCUT2D eigenvalue weighted by atomic mass is 16.6. The van der Waals surface area contributed by atoms with Gasteiger partial charge in [-0.05, 0) is 13.8 Å². The maximum absolute atomic E-state index is 12.1. The number of hydrogen-bond donors (Lipinski definition) is 3. The number of H-pyrrole nitrogens is 1. The van der Waals surface area contributed by atoms with Crippen molar-refractivity contribution in [3.05, 3.63) is 32.6 Å². The average Bonchev–Trinajstić information content (AvgIpc) is 2.88. The van der Waals surface area contributed by atoms with Crippen LogP contribution in [0.2, 0.25) is 0 Å². The van der Waals surface area contributed by atoms with E-state index >= 15 is 0 Å². The SMILES string of the molecule is CCNC(=O)CC1[C@@H](OC)[C@H](n2cc(C)c(=O)[nH]c2=O)O[C@@H]1CO. The number of nitrogens with one attached hydrogen (secondary N) is 2. The summed E-state index contributed by atoms with van der Waals surface area (Å²) in [6.45, 7) is 3.57. The van der Waals surface area contributed by atoms with Crippen molar-refractivity contribution in [2.75, 3.05) is 20.3 Å². The number of carbonyl (C=O) groups is 1. The van der Waals surface area contributed by atoms with Gasteiger partial charge in [-0.25, -0.2) is 4.79 Å². The fraction of sp³-hybridized carbons (Fsp3) is 0.667. The van der Waals surface area contributed by atoms with Crippen LogP contribution in [0.3, 0.4) is 0 Å². The largest absolute Gasteiger partial charge is 0.394 e. The molecule has 0 aromatic carbocycles. The number of aliphatic hydroxyl groups is 1. The predicted molar refractivity (Wildman–Crippen MR) is 84.6 cm³/mol. The van der Waals surface area contributed by atoms with Gasteiger partial charge < -0.3 is 19.9 Å². The molecule has 134 valence electrons. The van der Waals surface area contributed by atoms with Crippen LogP contribution in [0.1, 0.15) is 25.1 Å². The summed E-state index contributed by atoms with van der Waals surface area (Å²) in [5, 5.41) is 12.3. The molecule has 4 atom stereocenters. The third kappa shape index (κ3) is 3.58. The van der Waals surface area contributed by atoms with E-state index in [2.05, 4.69) is 10.3 Å². The highest BCUT2D eigenvalue weighted by molar-refractivity contribution is 5.76. The number of aryl methyl sites for hydroxylation is 1. The highest BCUT2D eigenvalue weighted by Gasteiger charge is 2.46. The van der Waals surface area contributed by atoms with Crippen LogP contribution in [0.25, 0.3) is 0 Å². The van der Waals surface area contributed by atoms with Gasteiger partial charge in [0, 0.05) is 37.8 Å². The zero-order valence-corrected chi connectivity index (χ0v) is 13.9. The molecule has 0 aliphatic carbocycles. The predicted octanol–water partition coefficient (Wildman–Crippen LogP) is -1.11. The molecule has 2 rings (SSSR count). The van der Waals surface area contributed by atoms with Crippen molar-refractivity contribution in [3.8, 4) is 0 Å². The summed E-state index contributed by atoms with van der Waals surface area (Å²) in [6, 6.07) is 0. The molecule has 9 heteroatoms. The van der Waals surface area contributed by atoms with Crippen molar-refractivity contribution in [3.63, 3.8) is 0 Å². The van der Waals surface area contributed by atoms with Gasteiger partial charge in [0.2, 0.25) is 5.91 Å². The second-order valence-corrected chi connectivity index (χ2v) is 5.75. The van der Waals surface area contributed by atoms with Crippen LogP contribution >= 0.6 is 0 Å². The van der Waals surface area contributed by atoms with E-state index in [0.29, 0.717) is 12.1 Å². The Balaban J connectivity index is 2.35. The molecule has 0 saturated carbocycles. The zero-order chi connectivity index (χ0) is 17.9. The van der Waals surface area contributed by atoms with E-state index in [0.717, 1.165) is 0 Å². The van der Waals surface area contributed by atoms with E-state index in [4.69, 9.17) is 9.47 Å². The van der Waals surface area contributed by atoms with Crippen molar-refractivity contribution in [1.29, 1.82) is 0 Å². The molecular formula is C15H23N3O6. The van der Waals surface area contributed by atoms with E-state index in [1.807, 2.05) is 6.92 Å². The first kappa shape index (κ1) is 18.4. The van der Waals surface area contributed by atoms with Gasteiger partial charge in [-0.15, -0.1) is 0 Å². The number of nitrogens with zero attached hydrogens (tertiary/aromatic N) is 1. The van der Waals surface area contributed by atoms with Crippen LogP contribution in [0, 0.1) is 12.8 Å². The van der Waals surface area contributed by atoms with Crippen molar-refractivity contribution >= 4 is 5.91 Å². The summed E-state index contributed by atoms with van der Waals surface area (Å²) in [5.74, 6) is -0.604. The Kier molecular flexibility index (Phi) is 5.92. The maximum atomic E-state index is 12.1. The van der Waals surface area contributed by atoms with Crippen LogP contribution < -0.4 is 16.6 Å². The normalized spacial score (nSPS) is 26.5. The zero-order valence-electron chi connectivity index (χ0n) is 13.9. The first-order valence-electron chi connectivity index (χ1n) is 7.80. The van der Waals surface area contributed by atoms with Gasteiger partial charge >= 0.3 is 5.69 Å². The van der Waals surface area contributed by atoms with Gasteiger partial charge in [0.15, 0.2) is 6.23 Å². The van der Waals surface area contributed by atoms with E-state index < -0.39 is 35.6 Å². The smallest absolute Gasteiger partial charge is 0.330 e. The van der Waals surface area contributed by atoms with Crippen LogP contribution in [-0.2, 0) is 14.3 Å². The molecule has 1 fully saturated rings. The number of methoxy groups -OCH3 is 1. The minimum absolute atomic E-state index is 0.102. The Morgan fingerprint density at radius 1 is 1.50 bits per heavy atom. The number of aromatic nitrogens is 2. The molecular weight excluding hydrogens is 318 g/mol. The third-order valence-corrected chi connectivity index (χ3v) is 4.16. The lowest BCUT2D eigenvalue weighted by atomic mass is 9.94. The fourth-order valence-corrected chi connectivity index (χ4v) is 2.98. The fourth-order valence-electron chi connectivity index (χ4n) is 2.98. The van der Waals surface area contributed by atoms with Gasteiger partial charge in [-0.3, -0.25) is 19.1 Å². The first-order valence-corrected chi connectivity index (χ1v) is 7.80. The number of aliphatic hydroxyl groups excluding tert-OH is 1. The van der Waals surface area contributed by atoms with Crippen LogP contribution in [0.5, 0.6) is 0 Å². The standard InChI is InChI=1S/C15H23N3O6/c1-4-16-11(20)5-9-10(7-19)24-14(12(9)23-3)18-6-8(2)13(21)17-15(18)22/h6,9-10,12,14,19H,4-5,7H2,1-3H3,(H,16,20)(H,17,21,22)/t9?,10-,12-,14-/m1/s1. The minimum atomic E-state index is -0.838. The quantitative estimate of drug-likeness (QED) is 0.603. The highest BCUT2D eigenvalue weighted by Crippen LogP contribution is 2.37. The van der Waals surface area contributed by atoms with Crippen molar-refractivity contribution in [2.45, 2.75) is 38.7 Å². The van der Waals surface area contributed by atoms with Gasteiger partial charge in [0.1, 0.15) is 6.10 Å². The van der Waals surface area contributed by atoms with Crippen LogP contribution in [0.4, 0.5) is 0 Å². The van der Waals surface area contributed by atoms with Gasteiger partial charge in [-0.1, -0.05) is 0 Å².